The van der Waals surface area contributed by atoms with Crippen molar-refractivity contribution in [3.05, 3.63) is 59.4 Å². The van der Waals surface area contributed by atoms with Crippen LogP contribution in [0.2, 0.25) is 0 Å². The zero-order valence-electron chi connectivity index (χ0n) is 14.8. The van der Waals surface area contributed by atoms with Crippen LogP contribution in [0.1, 0.15) is 11.1 Å². The first-order valence-electron chi connectivity index (χ1n) is 8.21. The number of halogens is 2. The molecular weight excluding hydrogens is 448 g/mol. The molecule has 0 bridgehead atoms. The predicted molar refractivity (Wildman–Crippen MR) is 111 cm³/mol. The standard InChI is InChI=1S/C19H22FN3O2.HI/c1-21-19(22-11-13-7-8-18(24-2)16(20)9-13)23-12-15-10-14-5-3-4-6-17(14)25-15;/h3-9,15H,10-12H2,1-2H3,(H2,21,22,23);1H. The molecule has 0 amide bonds. The van der Waals surface area contributed by atoms with Gasteiger partial charge in [-0.15, -0.1) is 24.0 Å². The first kappa shape index (κ1) is 20.3. The van der Waals surface area contributed by atoms with Gasteiger partial charge in [0.1, 0.15) is 11.9 Å². The van der Waals surface area contributed by atoms with E-state index in [9.17, 15) is 4.39 Å². The second-order valence-electron chi connectivity index (χ2n) is 5.83. The lowest BCUT2D eigenvalue weighted by atomic mass is 10.1. The van der Waals surface area contributed by atoms with Crippen molar-refractivity contribution in [2.45, 2.75) is 19.1 Å². The largest absolute Gasteiger partial charge is 0.494 e. The Labute approximate surface area is 170 Å². The second kappa shape index (κ2) is 9.61. The van der Waals surface area contributed by atoms with Gasteiger partial charge in [-0.05, 0) is 29.3 Å². The van der Waals surface area contributed by atoms with Crippen molar-refractivity contribution < 1.29 is 13.9 Å². The molecular formula is C19H23FIN3O2. The maximum atomic E-state index is 13.7. The zero-order chi connectivity index (χ0) is 17.6. The van der Waals surface area contributed by atoms with Crippen LogP contribution in [-0.4, -0.2) is 32.8 Å². The minimum absolute atomic E-state index is 0. The van der Waals surface area contributed by atoms with Crippen LogP contribution in [0.4, 0.5) is 4.39 Å². The summed E-state index contributed by atoms with van der Waals surface area (Å²) in [7, 11) is 3.15. The molecule has 0 saturated carbocycles. The van der Waals surface area contributed by atoms with E-state index in [1.807, 2.05) is 24.3 Å². The number of hydrogen-bond donors (Lipinski definition) is 2. The Hall–Kier alpha value is -2.03. The SMILES string of the molecule is CN=C(NCc1ccc(OC)c(F)c1)NCC1Cc2ccccc2O1.I. The number of rotatable bonds is 5. The van der Waals surface area contributed by atoms with Gasteiger partial charge >= 0.3 is 0 Å². The van der Waals surface area contributed by atoms with Gasteiger partial charge in [-0.25, -0.2) is 4.39 Å². The number of benzene rings is 2. The Bertz CT molecular complexity index is 745. The van der Waals surface area contributed by atoms with Crippen LogP contribution in [0.5, 0.6) is 11.5 Å². The molecule has 7 heteroatoms. The fourth-order valence-corrected chi connectivity index (χ4v) is 2.80. The van der Waals surface area contributed by atoms with Crippen molar-refractivity contribution in [3.8, 4) is 11.5 Å². The van der Waals surface area contributed by atoms with Gasteiger partial charge in [-0.3, -0.25) is 4.99 Å². The lowest BCUT2D eigenvalue weighted by molar-refractivity contribution is 0.235. The predicted octanol–water partition coefficient (Wildman–Crippen LogP) is 3.12. The van der Waals surface area contributed by atoms with Crippen LogP contribution < -0.4 is 20.1 Å². The average Bonchev–Trinajstić information content (AvgIpc) is 3.05. The number of fused-ring (bicyclic) bond motifs is 1. The van der Waals surface area contributed by atoms with Crippen molar-refractivity contribution in [2.75, 3.05) is 20.7 Å². The van der Waals surface area contributed by atoms with Crippen LogP contribution in [0, 0.1) is 5.82 Å². The van der Waals surface area contributed by atoms with Crippen LogP contribution in [-0.2, 0) is 13.0 Å². The van der Waals surface area contributed by atoms with E-state index >= 15 is 0 Å². The number of guanidine groups is 1. The molecule has 2 aromatic rings. The van der Waals surface area contributed by atoms with Crippen molar-refractivity contribution in [1.29, 1.82) is 0 Å². The third kappa shape index (κ3) is 5.00. The average molecular weight is 471 g/mol. The minimum Gasteiger partial charge on any atom is -0.494 e. The van der Waals surface area contributed by atoms with E-state index in [2.05, 4.69) is 21.7 Å². The lowest BCUT2D eigenvalue weighted by Crippen LogP contribution is -2.41. The summed E-state index contributed by atoms with van der Waals surface area (Å²) in [5.74, 6) is 1.47. The van der Waals surface area contributed by atoms with Gasteiger partial charge in [-0.2, -0.15) is 0 Å². The molecule has 1 unspecified atom stereocenters. The lowest BCUT2D eigenvalue weighted by Gasteiger charge is -2.16. The topological polar surface area (TPSA) is 54.9 Å². The molecule has 1 aliphatic heterocycles. The van der Waals surface area contributed by atoms with Crippen molar-refractivity contribution in [1.82, 2.24) is 10.6 Å². The number of para-hydroxylation sites is 1. The Morgan fingerprint density at radius 1 is 1.27 bits per heavy atom. The van der Waals surface area contributed by atoms with Gasteiger partial charge in [0.2, 0.25) is 0 Å². The summed E-state index contributed by atoms with van der Waals surface area (Å²) >= 11 is 0. The van der Waals surface area contributed by atoms with Gasteiger partial charge in [0.05, 0.1) is 13.7 Å². The highest BCUT2D eigenvalue weighted by Gasteiger charge is 2.22. The summed E-state index contributed by atoms with van der Waals surface area (Å²) in [6, 6.07) is 13.0. The molecule has 1 aliphatic rings. The zero-order valence-corrected chi connectivity index (χ0v) is 17.1. The van der Waals surface area contributed by atoms with E-state index in [0.29, 0.717) is 19.0 Å². The molecule has 5 nitrogen and oxygen atoms in total. The van der Waals surface area contributed by atoms with Gasteiger partial charge in [0, 0.05) is 20.0 Å². The fraction of sp³-hybridized carbons (Fsp3) is 0.316. The second-order valence-corrected chi connectivity index (χ2v) is 5.83. The third-order valence-corrected chi connectivity index (χ3v) is 4.11. The number of ether oxygens (including phenoxy) is 2. The Kier molecular flexibility index (Phi) is 7.50. The van der Waals surface area contributed by atoms with Crippen molar-refractivity contribution in [3.63, 3.8) is 0 Å². The molecule has 1 heterocycles. The van der Waals surface area contributed by atoms with E-state index < -0.39 is 0 Å². The summed E-state index contributed by atoms with van der Waals surface area (Å²) in [4.78, 5) is 4.19. The first-order valence-corrected chi connectivity index (χ1v) is 8.21. The number of aliphatic imine (C=N–C) groups is 1. The molecule has 0 aromatic heterocycles. The van der Waals surface area contributed by atoms with Crippen LogP contribution in [0.3, 0.4) is 0 Å². The Morgan fingerprint density at radius 3 is 2.77 bits per heavy atom. The van der Waals surface area contributed by atoms with Gasteiger partial charge < -0.3 is 20.1 Å². The van der Waals surface area contributed by atoms with Crippen LogP contribution >= 0.6 is 24.0 Å². The van der Waals surface area contributed by atoms with Crippen molar-refractivity contribution >= 4 is 29.9 Å². The summed E-state index contributed by atoms with van der Waals surface area (Å²) < 4.78 is 24.5. The molecule has 0 saturated heterocycles. The van der Waals surface area contributed by atoms with Crippen LogP contribution in [0.25, 0.3) is 0 Å². The van der Waals surface area contributed by atoms with Gasteiger partial charge in [0.15, 0.2) is 17.5 Å². The molecule has 1 atom stereocenters. The number of nitrogens with one attached hydrogen (secondary N) is 2. The van der Waals surface area contributed by atoms with E-state index in [-0.39, 0.29) is 41.6 Å². The summed E-state index contributed by atoms with van der Waals surface area (Å²) in [5.41, 5.74) is 2.04. The van der Waals surface area contributed by atoms with Gasteiger partial charge in [-0.1, -0.05) is 24.3 Å². The van der Waals surface area contributed by atoms with E-state index in [0.717, 1.165) is 17.7 Å². The maximum Gasteiger partial charge on any atom is 0.191 e. The maximum absolute atomic E-state index is 13.7. The molecule has 3 rings (SSSR count). The highest BCUT2D eigenvalue weighted by molar-refractivity contribution is 14.0. The number of methoxy groups -OCH3 is 1. The monoisotopic (exact) mass is 471 g/mol. The van der Waals surface area contributed by atoms with Crippen molar-refractivity contribution in [2.24, 2.45) is 4.99 Å². The Morgan fingerprint density at radius 2 is 2.08 bits per heavy atom. The van der Waals surface area contributed by atoms with E-state index in [1.54, 1.807) is 13.1 Å². The molecule has 26 heavy (non-hydrogen) atoms. The molecule has 0 aliphatic carbocycles. The van der Waals surface area contributed by atoms with E-state index in [1.165, 1.54) is 18.7 Å². The molecule has 2 N–H and O–H groups in total. The highest BCUT2D eigenvalue weighted by Crippen LogP contribution is 2.27. The fourth-order valence-electron chi connectivity index (χ4n) is 2.80. The number of hydrogen-bond acceptors (Lipinski definition) is 3. The van der Waals surface area contributed by atoms with Crippen LogP contribution in [0.15, 0.2) is 47.5 Å². The molecule has 0 spiro atoms. The summed E-state index contributed by atoms with van der Waals surface area (Å²) in [5, 5.41) is 6.42. The molecule has 0 fully saturated rings. The Balaban J connectivity index is 0.00000243. The molecule has 2 aromatic carbocycles. The normalized spacial score (nSPS) is 15.5. The molecule has 0 radical (unpaired) electrons. The summed E-state index contributed by atoms with van der Waals surface area (Å²) in [6.45, 7) is 1.11. The highest BCUT2D eigenvalue weighted by atomic mass is 127. The third-order valence-electron chi connectivity index (χ3n) is 4.11. The summed E-state index contributed by atoms with van der Waals surface area (Å²) in [6.07, 6.45) is 0.957. The van der Waals surface area contributed by atoms with Gasteiger partial charge in [0.25, 0.3) is 0 Å². The first-order chi connectivity index (χ1) is 12.2. The smallest absolute Gasteiger partial charge is 0.191 e. The molecule has 140 valence electrons. The quantitative estimate of drug-likeness (QED) is 0.400. The number of nitrogens with zero attached hydrogens (tertiary/aromatic N) is 1. The minimum atomic E-state index is -0.373. The van der Waals surface area contributed by atoms with E-state index in [4.69, 9.17) is 9.47 Å².